The zero-order valence-electron chi connectivity index (χ0n) is 33.5. The highest BCUT2D eigenvalue weighted by Crippen LogP contribution is 2.43. The van der Waals surface area contributed by atoms with Gasteiger partial charge in [-0.15, -0.1) is 0 Å². The highest BCUT2D eigenvalue weighted by Gasteiger charge is 2.25. The molecule has 0 saturated carbocycles. The van der Waals surface area contributed by atoms with Crippen molar-refractivity contribution in [3.63, 3.8) is 0 Å². The maximum Gasteiger partial charge on any atom is 0.472 e. The van der Waals surface area contributed by atoms with E-state index in [4.69, 9.17) is 24.3 Å². The Hall–Kier alpha value is -2.59. The average molecular weight is 780 g/mol. The molecule has 0 bridgehead atoms. The largest absolute Gasteiger partial charge is 0.472 e. The van der Waals surface area contributed by atoms with Crippen molar-refractivity contribution in [2.75, 3.05) is 26.4 Å². The Morgan fingerprint density at radius 3 is 1.67 bits per heavy atom. The highest BCUT2D eigenvalue weighted by molar-refractivity contribution is 7.47. The number of hydrogen-bond donors (Lipinski definition) is 3. The zero-order valence-corrected chi connectivity index (χ0v) is 34.4. The van der Waals surface area contributed by atoms with E-state index in [1.165, 1.54) is 25.7 Å². The number of hydrogen-bond acceptors (Lipinski definition) is 9. The van der Waals surface area contributed by atoms with E-state index < -0.39 is 32.5 Å². The number of carbonyl (C=O) groups is 2. The number of rotatable bonds is 37. The lowest BCUT2D eigenvalue weighted by atomic mass is 10.1. The van der Waals surface area contributed by atoms with Gasteiger partial charge in [0.1, 0.15) is 6.61 Å². The van der Waals surface area contributed by atoms with Crippen molar-refractivity contribution in [3.8, 4) is 0 Å². The molecule has 0 aromatic heterocycles. The summed E-state index contributed by atoms with van der Waals surface area (Å²) in [5, 5.41) is 9.26. The Morgan fingerprint density at radius 1 is 0.630 bits per heavy atom. The SMILES string of the molecule is CCCCC/C=C\C/C=C\CCCCCCCC(=O)OC[C@H](COP(=O)(O)OCCN)OC(=O)CCC/C=C\C/C=C\C/C=C\C/C=C\CCC[C@H](C)O. The Bertz CT molecular complexity index is 1130. The van der Waals surface area contributed by atoms with Gasteiger partial charge in [0.15, 0.2) is 6.10 Å². The number of aliphatic hydroxyl groups excluding tert-OH is 1. The Kier molecular flexibility index (Phi) is 36.8. The molecule has 0 spiro atoms. The summed E-state index contributed by atoms with van der Waals surface area (Å²) in [6.07, 6.45) is 43.5. The summed E-state index contributed by atoms with van der Waals surface area (Å²) in [7, 11) is -4.40. The van der Waals surface area contributed by atoms with Crippen LogP contribution in [0.2, 0.25) is 0 Å². The Balaban J connectivity index is 4.33. The number of esters is 2. The van der Waals surface area contributed by atoms with E-state index in [0.29, 0.717) is 19.3 Å². The lowest BCUT2D eigenvalue weighted by molar-refractivity contribution is -0.161. The summed E-state index contributed by atoms with van der Waals surface area (Å²) in [5.74, 6) is -0.935. The fourth-order valence-corrected chi connectivity index (χ4v) is 5.79. The molecule has 10 nitrogen and oxygen atoms in total. The number of allylic oxidation sites excluding steroid dienone is 12. The fraction of sp³-hybridized carbons (Fsp3) is 0.674. The Morgan fingerprint density at radius 2 is 1.11 bits per heavy atom. The van der Waals surface area contributed by atoms with Crippen LogP contribution in [0.4, 0.5) is 0 Å². The summed E-state index contributed by atoms with van der Waals surface area (Å²) < 4.78 is 32.6. The molecule has 4 N–H and O–H groups in total. The molecule has 54 heavy (non-hydrogen) atoms. The lowest BCUT2D eigenvalue weighted by Crippen LogP contribution is -2.29. The molecule has 0 saturated heterocycles. The van der Waals surface area contributed by atoms with E-state index in [-0.39, 0.29) is 38.7 Å². The van der Waals surface area contributed by atoms with Crippen LogP contribution < -0.4 is 5.73 Å². The monoisotopic (exact) mass is 780 g/mol. The molecule has 0 fully saturated rings. The third kappa shape index (κ3) is 39.1. The average Bonchev–Trinajstić information content (AvgIpc) is 3.14. The molecule has 1 unspecified atom stereocenters. The molecule has 0 aromatic carbocycles. The van der Waals surface area contributed by atoms with Gasteiger partial charge in [-0.25, -0.2) is 4.57 Å². The van der Waals surface area contributed by atoms with E-state index in [1.54, 1.807) is 0 Å². The molecular weight excluding hydrogens is 705 g/mol. The fourth-order valence-electron chi connectivity index (χ4n) is 5.03. The van der Waals surface area contributed by atoms with Crippen molar-refractivity contribution < 1.29 is 42.7 Å². The summed E-state index contributed by atoms with van der Waals surface area (Å²) in [6.45, 7) is 3.14. The van der Waals surface area contributed by atoms with Gasteiger partial charge in [-0.2, -0.15) is 0 Å². The molecule has 11 heteroatoms. The van der Waals surface area contributed by atoms with Crippen LogP contribution in [0.3, 0.4) is 0 Å². The van der Waals surface area contributed by atoms with Gasteiger partial charge >= 0.3 is 19.8 Å². The minimum atomic E-state index is -4.40. The van der Waals surface area contributed by atoms with Crippen molar-refractivity contribution in [1.82, 2.24) is 0 Å². The number of phosphoric acid groups is 1. The standard InChI is InChI=1S/C43H74NO9P/c1-3-4-5-6-7-8-9-10-12-16-19-22-25-28-31-34-42(46)50-38-41(39-52-54(48,49)51-37-36-44)53-43(47)35-32-29-26-23-20-17-14-11-13-15-18-21-24-27-30-33-40(2)45/h7-8,10,12-15,17,21,23-24,26,40-41,45H,3-6,9,11,16,18-20,22,25,27-39,44H2,1-2H3,(H,48,49)/b8-7-,12-10-,15-13-,17-14-,24-21-,26-23-/t40-,41+/m0/s1. The second-order valence-corrected chi connectivity index (χ2v) is 14.9. The molecular formula is C43H74NO9P. The number of carbonyl (C=O) groups excluding carboxylic acids is 2. The number of nitrogens with two attached hydrogens (primary N) is 1. The maximum absolute atomic E-state index is 12.5. The number of unbranched alkanes of at least 4 members (excludes halogenated alkanes) is 10. The summed E-state index contributed by atoms with van der Waals surface area (Å²) >= 11 is 0. The Labute approximate surface area is 327 Å². The third-order valence-corrected chi connectivity index (χ3v) is 9.07. The first-order chi connectivity index (χ1) is 26.2. The molecule has 0 aliphatic heterocycles. The van der Waals surface area contributed by atoms with E-state index in [0.717, 1.165) is 77.0 Å². The quantitative estimate of drug-likeness (QED) is 0.0240. The van der Waals surface area contributed by atoms with Gasteiger partial charge < -0.3 is 25.2 Å². The molecule has 3 atom stereocenters. The molecule has 0 heterocycles. The minimum Gasteiger partial charge on any atom is -0.462 e. The molecule has 0 amide bonds. The molecule has 0 rings (SSSR count). The van der Waals surface area contributed by atoms with Crippen LogP contribution in [0, 0.1) is 0 Å². The van der Waals surface area contributed by atoms with Gasteiger partial charge in [0.25, 0.3) is 0 Å². The maximum atomic E-state index is 12.5. The molecule has 0 radical (unpaired) electrons. The molecule has 0 aliphatic rings. The molecule has 0 aromatic rings. The molecule has 0 aliphatic carbocycles. The van der Waals surface area contributed by atoms with Crippen molar-refractivity contribution in [2.45, 2.75) is 161 Å². The van der Waals surface area contributed by atoms with Crippen molar-refractivity contribution in [1.29, 1.82) is 0 Å². The summed E-state index contributed by atoms with van der Waals surface area (Å²) in [6, 6.07) is 0. The first-order valence-electron chi connectivity index (χ1n) is 20.4. The van der Waals surface area contributed by atoms with Gasteiger partial charge in [-0.1, -0.05) is 112 Å². The topological polar surface area (TPSA) is 155 Å². The summed E-state index contributed by atoms with van der Waals surface area (Å²) in [5.41, 5.74) is 5.33. The van der Waals surface area contributed by atoms with Crippen molar-refractivity contribution >= 4 is 19.8 Å². The van der Waals surface area contributed by atoms with Crippen LogP contribution in [0.25, 0.3) is 0 Å². The van der Waals surface area contributed by atoms with Gasteiger partial charge in [0.05, 0.1) is 19.3 Å². The first-order valence-corrected chi connectivity index (χ1v) is 21.9. The van der Waals surface area contributed by atoms with Gasteiger partial charge in [-0.3, -0.25) is 18.6 Å². The zero-order chi connectivity index (χ0) is 39.8. The predicted octanol–water partition coefficient (Wildman–Crippen LogP) is 10.5. The van der Waals surface area contributed by atoms with Crippen LogP contribution in [-0.2, 0) is 32.7 Å². The van der Waals surface area contributed by atoms with Crippen LogP contribution in [-0.4, -0.2) is 60.5 Å². The minimum absolute atomic E-state index is 0.0337. The van der Waals surface area contributed by atoms with Gasteiger partial charge in [0, 0.05) is 19.4 Å². The van der Waals surface area contributed by atoms with E-state index >= 15 is 0 Å². The van der Waals surface area contributed by atoms with E-state index in [1.807, 2.05) is 19.1 Å². The highest BCUT2D eigenvalue weighted by atomic mass is 31.2. The first kappa shape index (κ1) is 51.4. The van der Waals surface area contributed by atoms with Crippen LogP contribution >= 0.6 is 7.82 Å². The van der Waals surface area contributed by atoms with Crippen molar-refractivity contribution in [3.05, 3.63) is 72.9 Å². The molecule has 310 valence electrons. The van der Waals surface area contributed by atoms with Crippen molar-refractivity contribution in [2.24, 2.45) is 5.73 Å². The third-order valence-electron chi connectivity index (χ3n) is 8.08. The lowest BCUT2D eigenvalue weighted by Gasteiger charge is -2.19. The number of phosphoric ester groups is 1. The normalized spacial score (nSPS) is 14.7. The van der Waals surface area contributed by atoms with Gasteiger partial charge in [-0.05, 0) is 96.8 Å². The summed E-state index contributed by atoms with van der Waals surface area (Å²) in [4.78, 5) is 34.8. The van der Waals surface area contributed by atoms with Crippen LogP contribution in [0.1, 0.15) is 149 Å². The number of ether oxygens (including phenoxy) is 2. The van der Waals surface area contributed by atoms with E-state index in [2.05, 4.69) is 67.7 Å². The second-order valence-electron chi connectivity index (χ2n) is 13.4. The van der Waals surface area contributed by atoms with Crippen LogP contribution in [0.15, 0.2) is 72.9 Å². The second kappa shape index (κ2) is 38.7. The van der Waals surface area contributed by atoms with Crippen LogP contribution in [0.5, 0.6) is 0 Å². The smallest absolute Gasteiger partial charge is 0.462 e. The van der Waals surface area contributed by atoms with E-state index in [9.17, 15) is 24.2 Å². The predicted molar refractivity (Wildman–Crippen MR) is 221 cm³/mol. The van der Waals surface area contributed by atoms with Gasteiger partial charge in [0.2, 0.25) is 0 Å². The number of aliphatic hydroxyl groups is 1.